The molecule has 5 heteroatoms. The van der Waals surface area contributed by atoms with Gasteiger partial charge in [0.25, 0.3) is 5.91 Å². The molecule has 0 aliphatic carbocycles. The Morgan fingerprint density at radius 2 is 1.76 bits per heavy atom. The Labute approximate surface area is 167 Å². The summed E-state index contributed by atoms with van der Waals surface area (Å²) in [5.74, 6) is 0.469. The lowest BCUT2D eigenvalue weighted by molar-refractivity contribution is 0.102. The molecule has 0 saturated carbocycles. The van der Waals surface area contributed by atoms with Gasteiger partial charge < -0.3 is 14.5 Å². The van der Waals surface area contributed by atoms with Crippen LogP contribution in [0.25, 0.3) is 21.9 Å². The first-order valence-corrected chi connectivity index (χ1v) is 9.48. The van der Waals surface area contributed by atoms with Gasteiger partial charge in [-0.05, 0) is 74.4 Å². The van der Waals surface area contributed by atoms with Crippen LogP contribution in [0.5, 0.6) is 5.75 Å². The number of benzene rings is 3. The number of carbonyl (C=O) groups excluding carboxylic acids is 1. The molecule has 0 atom stereocenters. The first-order valence-electron chi connectivity index (χ1n) is 9.48. The fourth-order valence-electron chi connectivity index (χ4n) is 3.46. The number of aryl methyl sites for hydroxylation is 2. The molecule has 0 aliphatic rings. The molecule has 29 heavy (non-hydrogen) atoms. The van der Waals surface area contributed by atoms with Crippen LogP contribution in [0.3, 0.4) is 0 Å². The maximum Gasteiger partial charge on any atom is 0.255 e. The molecule has 1 aromatic heterocycles. The summed E-state index contributed by atoms with van der Waals surface area (Å²) in [6, 6.07) is 15.8. The Bertz CT molecular complexity index is 1290. The van der Waals surface area contributed by atoms with Crippen molar-refractivity contribution in [2.45, 2.75) is 20.8 Å². The SMILES string of the molecule is CCOc1ccc(C(=O)Nc2ccc3c(=O)c4cc(C)cc(C)c4oc3c2)cc1. The van der Waals surface area contributed by atoms with E-state index in [4.69, 9.17) is 9.15 Å². The second kappa shape index (κ2) is 7.43. The highest BCUT2D eigenvalue weighted by atomic mass is 16.5. The number of anilines is 1. The van der Waals surface area contributed by atoms with Crippen molar-refractivity contribution in [3.05, 3.63) is 81.5 Å². The Balaban J connectivity index is 1.69. The normalized spacial score (nSPS) is 11.0. The third kappa shape index (κ3) is 3.59. The van der Waals surface area contributed by atoms with E-state index in [-0.39, 0.29) is 11.3 Å². The number of carbonyl (C=O) groups is 1. The van der Waals surface area contributed by atoms with Crippen molar-refractivity contribution in [2.24, 2.45) is 0 Å². The number of ether oxygens (including phenoxy) is 1. The smallest absolute Gasteiger partial charge is 0.255 e. The summed E-state index contributed by atoms with van der Waals surface area (Å²) in [4.78, 5) is 25.4. The number of hydrogen-bond donors (Lipinski definition) is 1. The molecule has 5 nitrogen and oxygen atoms in total. The van der Waals surface area contributed by atoms with Gasteiger partial charge in [-0.3, -0.25) is 9.59 Å². The fourth-order valence-corrected chi connectivity index (χ4v) is 3.46. The average molecular weight is 387 g/mol. The minimum atomic E-state index is -0.248. The van der Waals surface area contributed by atoms with Crippen molar-refractivity contribution in [1.82, 2.24) is 0 Å². The second-order valence-electron chi connectivity index (χ2n) is 7.01. The maximum absolute atomic E-state index is 12.9. The summed E-state index contributed by atoms with van der Waals surface area (Å²) in [5.41, 5.74) is 3.94. The summed E-state index contributed by atoms with van der Waals surface area (Å²) in [5, 5.41) is 3.91. The second-order valence-corrected chi connectivity index (χ2v) is 7.01. The molecular formula is C24H21NO4. The van der Waals surface area contributed by atoms with E-state index < -0.39 is 0 Å². The predicted molar refractivity (Wildman–Crippen MR) is 115 cm³/mol. The molecule has 0 fully saturated rings. The largest absolute Gasteiger partial charge is 0.494 e. The van der Waals surface area contributed by atoms with Gasteiger partial charge in [0.05, 0.1) is 17.4 Å². The van der Waals surface area contributed by atoms with Crippen molar-refractivity contribution >= 4 is 33.5 Å². The number of nitrogens with one attached hydrogen (secondary N) is 1. The van der Waals surface area contributed by atoms with Gasteiger partial charge in [-0.25, -0.2) is 0 Å². The van der Waals surface area contributed by atoms with E-state index in [9.17, 15) is 9.59 Å². The van der Waals surface area contributed by atoms with E-state index in [2.05, 4.69) is 5.32 Å². The molecule has 146 valence electrons. The topological polar surface area (TPSA) is 68.5 Å². The summed E-state index contributed by atoms with van der Waals surface area (Å²) >= 11 is 0. The highest BCUT2D eigenvalue weighted by molar-refractivity contribution is 6.05. The maximum atomic E-state index is 12.9. The minimum absolute atomic E-state index is 0.0718. The van der Waals surface area contributed by atoms with Crippen molar-refractivity contribution in [2.75, 3.05) is 11.9 Å². The molecule has 0 saturated heterocycles. The van der Waals surface area contributed by atoms with E-state index in [1.165, 1.54) is 0 Å². The van der Waals surface area contributed by atoms with Crippen LogP contribution >= 0.6 is 0 Å². The highest BCUT2D eigenvalue weighted by Crippen LogP contribution is 2.25. The van der Waals surface area contributed by atoms with Crippen molar-refractivity contribution in [3.63, 3.8) is 0 Å². The van der Waals surface area contributed by atoms with E-state index in [0.29, 0.717) is 45.5 Å². The van der Waals surface area contributed by atoms with Gasteiger partial charge in [-0.1, -0.05) is 6.07 Å². The zero-order chi connectivity index (χ0) is 20.5. The quantitative estimate of drug-likeness (QED) is 0.488. The molecule has 3 aromatic carbocycles. The molecule has 4 aromatic rings. The summed E-state index contributed by atoms with van der Waals surface area (Å²) in [7, 11) is 0. The predicted octanol–water partition coefficient (Wildman–Crippen LogP) is 5.21. The van der Waals surface area contributed by atoms with Gasteiger partial charge in [0.2, 0.25) is 5.43 Å². The molecule has 0 bridgehead atoms. The molecule has 0 radical (unpaired) electrons. The van der Waals surface area contributed by atoms with E-state index in [1.807, 2.05) is 32.9 Å². The number of fused-ring (bicyclic) bond motifs is 2. The molecule has 0 spiro atoms. The van der Waals surface area contributed by atoms with Crippen LogP contribution in [0.15, 0.2) is 63.8 Å². The van der Waals surface area contributed by atoms with E-state index >= 15 is 0 Å². The average Bonchev–Trinajstić information content (AvgIpc) is 2.70. The lowest BCUT2D eigenvalue weighted by Crippen LogP contribution is -2.12. The van der Waals surface area contributed by atoms with Gasteiger partial charge in [-0.15, -0.1) is 0 Å². The molecular weight excluding hydrogens is 366 g/mol. The van der Waals surface area contributed by atoms with Crippen molar-refractivity contribution < 1.29 is 13.9 Å². The Morgan fingerprint density at radius 3 is 2.48 bits per heavy atom. The molecule has 0 unspecified atom stereocenters. The van der Waals surface area contributed by atoms with E-state index in [1.54, 1.807) is 42.5 Å². The fraction of sp³-hybridized carbons (Fsp3) is 0.167. The first-order chi connectivity index (χ1) is 14.0. The van der Waals surface area contributed by atoms with Crippen LogP contribution in [-0.2, 0) is 0 Å². The third-order valence-electron chi connectivity index (χ3n) is 4.79. The van der Waals surface area contributed by atoms with Crippen LogP contribution in [0.1, 0.15) is 28.4 Å². The monoisotopic (exact) mass is 387 g/mol. The van der Waals surface area contributed by atoms with Gasteiger partial charge in [0, 0.05) is 17.3 Å². The third-order valence-corrected chi connectivity index (χ3v) is 4.79. The summed E-state index contributed by atoms with van der Waals surface area (Å²) in [6.07, 6.45) is 0. The lowest BCUT2D eigenvalue weighted by atomic mass is 10.1. The van der Waals surface area contributed by atoms with Gasteiger partial charge in [0.1, 0.15) is 16.9 Å². The zero-order valence-corrected chi connectivity index (χ0v) is 16.5. The van der Waals surface area contributed by atoms with Crippen molar-refractivity contribution in [1.29, 1.82) is 0 Å². The van der Waals surface area contributed by atoms with E-state index in [0.717, 1.165) is 11.1 Å². The lowest BCUT2D eigenvalue weighted by Gasteiger charge is -2.09. The standard InChI is InChI=1S/C24H21NO4/c1-4-28-18-8-5-16(6-9-18)24(27)25-17-7-10-19-21(13-17)29-23-15(3)11-14(2)12-20(23)22(19)26/h5-13H,4H2,1-3H3,(H,25,27). The highest BCUT2D eigenvalue weighted by Gasteiger charge is 2.12. The van der Waals surface area contributed by atoms with Gasteiger partial charge >= 0.3 is 0 Å². The molecule has 0 aliphatic heterocycles. The minimum Gasteiger partial charge on any atom is -0.494 e. The van der Waals surface area contributed by atoms with Crippen molar-refractivity contribution in [3.8, 4) is 5.75 Å². The summed E-state index contributed by atoms with van der Waals surface area (Å²) < 4.78 is 11.4. The molecule has 1 N–H and O–H groups in total. The molecule has 1 heterocycles. The van der Waals surface area contributed by atoms with Crippen LogP contribution in [-0.4, -0.2) is 12.5 Å². The van der Waals surface area contributed by atoms with Gasteiger partial charge in [0.15, 0.2) is 0 Å². The van der Waals surface area contributed by atoms with Gasteiger partial charge in [-0.2, -0.15) is 0 Å². The van der Waals surface area contributed by atoms with Crippen LogP contribution in [0, 0.1) is 13.8 Å². The number of hydrogen-bond acceptors (Lipinski definition) is 4. The van der Waals surface area contributed by atoms with Crippen LogP contribution < -0.4 is 15.5 Å². The number of amides is 1. The first kappa shape index (κ1) is 18.7. The van der Waals surface area contributed by atoms with Crippen LogP contribution in [0.2, 0.25) is 0 Å². The zero-order valence-electron chi connectivity index (χ0n) is 16.5. The Morgan fingerprint density at radius 1 is 1.00 bits per heavy atom. The Hall–Kier alpha value is -3.60. The molecule has 1 amide bonds. The summed E-state index contributed by atoms with van der Waals surface area (Å²) in [6.45, 7) is 6.35. The molecule has 4 rings (SSSR count). The Kier molecular flexibility index (Phi) is 4.80. The van der Waals surface area contributed by atoms with Crippen LogP contribution in [0.4, 0.5) is 5.69 Å². The number of rotatable bonds is 4.